The zero-order valence-electron chi connectivity index (χ0n) is 9.31. The topological polar surface area (TPSA) is 61.7 Å². The van der Waals surface area contributed by atoms with Gasteiger partial charge in [0, 0.05) is 17.8 Å². The number of aliphatic hydroxyl groups excluding tert-OH is 2. The normalized spacial score (nSPS) is 11.9. The smallest absolute Gasteiger partial charge is 0.119 e. The summed E-state index contributed by atoms with van der Waals surface area (Å²) in [5, 5.41) is 20.9. The van der Waals surface area contributed by atoms with E-state index >= 15 is 0 Å². The molecular weight excluding hydrogens is 206 g/mol. The fourth-order valence-corrected chi connectivity index (χ4v) is 1.29. The summed E-state index contributed by atoms with van der Waals surface area (Å²) in [5.41, 5.74) is 1.74. The SMILES string of the molecule is C=Cc1cc(OC)ccc1NCC(O)CO. The molecule has 0 saturated carbocycles. The second kappa shape index (κ2) is 6.15. The zero-order chi connectivity index (χ0) is 12.0. The predicted octanol–water partition coefficient (Wildman–Crippen LogP) is 1.10. The summed E-state index contributed by atoms with van der Waals surface area (Å²) in [5.74, 6) is 0.753. The standard InChI is InChI=1S/C12H17NO3/c1-3-9-6-11(16-2)4-5-12(9)13-7-10(15)8-14/h3-6,10,13-15H,1,7-8H2,2H3. The van der Waals surface area contributed by atoms with Crippen LogP contribution in [0.5, 0.6) is 5.75 Å². The van der Waals surface area contributed by atoms with Gasteiger partial charge in [0.2, 0.25) is 0 Å². The highest BCUT2D eigenvalue weighted by atomic mass is 16.5. The van der Waals surface area contributed by atoms with Crippen molar-refractivity contribution >= 4 is 11.8 Å². The van der Waals surface area contributed by atoms with Gasteiger partial charge in [-0.05, 0) is 18.2 Å². The fourth-order valence-electron chi connectivity index (χ4n) is 1.29. The Morgan fingerprint density at radius 3 is 2.88 bits per heavy atom. The van der Waals surface area contributed by atoms with Crippen LogP contribution in [-0.4, -0.2) is 36.6 Å². The molecule has 1 aromatic carbocycles. The molecule has 3 N–H and O–H groups in total. The summed E-state index contributed by atoms with van der Waals surface area (Å²) in [6.07, 6.45) is 0.940. The summed E-state index contributed by atoms with van der Waals surface area (Å²) in [7, 11) is 1.60. The molecule has 0 amide bonds. The average molecular weight is 223 g/mol. The number of hydrogen-bond acceptors (Lipinski definition) is 4. The minimum Gasteiger partial charge on any atom is -0.497 e. The van der Waals surface area contributed by atoms with Gasteiger partial charge in [-0.3, -0.25) is 0 Å². The molecule has 16 heavy (non-hydrogen) atoms. The van der Waals surface area contributed by atoms with Crippen molar-refractivity contribution in [3.8, 4) is 5.75 Å². The number of methoxy groups -OCH3 is 1. The van der Waals surface area contributed by atoms with Crippen LogP contribution in [0.3, 0.4) is 0 Å². The van der Waals surface area contributed by atoms with Gasteiger partial charge < -0.3 is 20.3 Å². The van der Waals surface area contributed by atoms with E-state index in [1.165, 1.54) is 0 Å². The van der Waals surface area contributed by atoms with Crippen LogP contribution in [0.4, 0.5) is 5.69 Å². The molecule has 0 spiro atoms. The summed E-state index contributed by atoms with van der Waals surface area (Å²) >= 11 is 0. The largest absolute Gasteiger partial charge is 0.497 e. The van der Waals surface area contributed by atoms with E-state index in [4.69, 9.17) is 9.84 Å². The molecule has 0 heterocycles. The van der Waals surface area contributed by atoms with Gasteiger partial charge in [-0.1, -0.05) is 12.7 Å². The van der Waals surface area contributed by atoms with Crippen LogP contribution in [0, 0.1) is 0 Å². The molecule has 0 aliphatic carbocycles. The first-order valence-electron chi connectivity index (χ1n) is 5.04. The van der Waals surface area contributed by atoms with E-state index in [0.717, 1.165) is 17.0 Å². The molecule has 1 atom stereocenters. The van der Waals surface area contributed by atoms with E-state index in [2.05, 4.69) is 11.9 Å². The first kappa shape index (κ1) is 12.5. The molecule has 1 aromatic rings. The van der Waals surface area contributed by atoms with Crippen molar-refractivity contribution in [1.82, 2.24) is 0 Å². The predicted molar refractivity (Wildman–Crippen MR) is 64.7 cm³/mol. The zero-order valence-corrected chi connectivity index (χ0v) is 9.31. The van der Waals surface area contributed by atoms with Crippen LogP contribution in [0.15, 0.2) is 24.8 Å². The maximum atomic E-state index is 9.22. The molecular formula is C12H17NO3. The van der Waals surface area contributed by atoms with E-state index in [1.807, 2.05) is 18.2 Å². The number of aliphatic hydroxyl groups is 2. The highest BCUT2D eigenvalue weighted by Gasteiger charge is 2.04. The third-order valence-corrected chi connectivity index (χ3v) is 2.22. The second-order valence-corrected chi connectivity index (χ2v) is 3.37. The number of rotatable bonds is 6. The minimum atomic E-state index is -0.764. The number of hydrogen-bond donors (Lipinski definition) is 3. The molecule has 0 bridgehead atoms. The van der Waals surface area contributed by atoms with Crippen LogP contribution >= 0.6 is 0 Å². The Morgan fingerprint density at radius 1 is 1.56 bits per heavy atom. The van der Waals surface area contributed by atoms with Crippen molar-refractivity contribution in [1.29, 1.82) is 0 Å². The number of ether oxygens (including phenoxy) is 1. The van der Waals surface area contributed by atoms with Crippen molar-refractivity contribution in [2.45, 2.75) is 6.10 Å². The Bertz CT molecular complexity index is 352. The molecule has 0 aromatic heterocycles. The molecule has 1 unspecified atom stereocenters. The van der Waals surface area contributed by atoms with E-state index in [1.54, 1.807) is 13.2 Å². The molecule has 0 aliphatic rings. The van der Waals surface area contributed by atoms with Crippen LogP contribution in [-0.2, 0) is 0 Å². The third-order valence-electron chi connectivity index (χ3n) is 2.22. The first-order valence-corrected chi connectivity index (χ1v) is 5.04. The first-order chi connectivity index (χ1) is 7.71. The molecule has 0 aliphatic heterocycles. The summed E-state index contributed by atoms with van der Waals surface area (Å²) in [6, 6.07) is 5.52. The van der Waals surface area contributed by atoms with Crippen LogP contribution in [0.2, 0.25) is 0 Å². The Morgan fingerprint density at radius 2 is 2.31 bits per heavy atom. The van der Waals surface area contributed by atoms with E-state index < -0.39 is 6.10 Å². The van der Waals surface area contributed by atoms with Gasteiger partial charge in [0.05, 0.1) is 19.8 Å². The van der Waals surface area contributed by atoms with Gasteiger partial charge in [0.1, 0.15) is 5.75 Å². The van der Waals surface area contributed by atoms with Crippen LogP contribution < -0.4 is 10.1 Å². The average Bonchev–Trinajstić information content (AvgIpc) is 2.35. The number of nitrogens with one attached hydrogen (secondary N) is 1. The van der Waals surface area contributed by atoms with Crippen LogP contribution in [0.1, 0.15) is 5.56 Å². The van der Waals surface area contributed by atoms with Crippen molar-refractivity contribution in [2.75, 3.05) is 25.6 Å². The van der Waals surface area contributed by atoms with E-state index in [-0.39, 0.29) is 6.61 Å². The molecule has 1 rings (SSSR count). The van der Waals surface area contributed by atoms with Crippen molar-refractivity contribution in [3.63, 3.8) is 0 Å². The third kappa shape index (κ3) is 3.25. The number of anilines is 1. The van der Waals surface area contributed by atoms with Crippen molar-refractivity contribution < 1.29 is 14.9 Å². The van der Waals surface area contributed by atoms with Crippen LogP contribution in [0.25, 0.3) is 6.08 Å². The Labute approximate surface area is 95.2 Å². The van der Waals surface area contributed by atoms with Gasteiger partial charge in [0.15, 0.2) is 0 Å². The summed E-state index contributed by atoms with van der Waals surface area (Å²) in [6.45, 7) is 3.74. The number of benzene rings is 1. The quantitative estimate of drug-likeness (QED) is 0.676. The Balaban J connectivity index is 2.75. The summed E-state index contributed by atoms with van der Waals surface area (Å²) in [4.78, 5) is 0. The fraction of sp³-hybridized carbons (Fsp3) is 0.333. The Kier molecular flexibility index (Phi) is 4.82. The van der Waals surface area contributed by atoms with E-state index in [0.29, 0.717) is 6.54 Å². The van der Waals surface area contributed by atoms with E-state index in [9.17, 15) is 5.11 Å². The highest BCUT2D eigenvalue weighted by Crippen LogP contribution is 2.22. The molecule has 4 heteroatoms. The highest BCUT2D eigenvalue weighted by molar-refractivity contribution is 5.67. The lowest BCUT2D eigenvalue weighted by Crippen LogP contribution is -2.23. The Hall–Kier alpha value is -1.52. The van der Waals surface area contributed by atoms with Gasteiger partial charge >= 0.3 is 0 Å². The minimum absolute atomic E-state index is 0.257. The maximum absolute atomic E-state index is 9.22. The second-order valence-electron chi connectivity index (χ2n) is 3.37. The summed E-state index contributed by atoms with van der Waals surface area (Å²) < 4.78 is 5.09. The van der Waals surface area contributed by atoms with Gasteiger partial charge in [0.25, 0.3) is 0 Å². The lowest BCUT2D eigenvalue weighted by atomic mass is 10.1. The van der Waals surface area contributed by atoms with Gasteiger partial charge in [-0.25, -0.2) is 0 Å². The lowest BCUT2D eigenvalue weighted by Gasteiger charge is -2.13. The molecule has 0 fully saturated rings. The molecule has 0 radical (unpaired) electrons. The molecule has 4 nitrogen and oxygen atoms in total. The monoisotopic (exact) mass is 223 g/mol. The van der Waals surface area contributed by atoms with Crippen molar-refractivity contribution in [2.24, 2.45) is 0 Å². The van der Waals surface area contributed by atoms with Crippen molar-refractivity contribution in [3.05, 3.63) is 30.3 Å². The van der Waals surface area contributed by atoms with Gasteiger partial charge in [-0.15, -0.1) is 0 Å². The molecule has 88 valence electrons. The molecule has 0 saturated heterocycles. The van der Waals surface area contributed by atoms with Gasteiger partial charge in [-0.2, -0.15) is 0 Å². The lowest BCUT2D eigenvalue weighted by molar-refractivity contribution is 0.105. The maximum Gasteiger partial charge on any atom is 0.119 e.